The fourth-order valence-corrected chi connectivity index (χ4v) is 3.75. The van der Waals surface area contributed by atoms with Crippen LogP contribution in [0.25, 0.3) is 0 Å². The maximum absolute atomic E-state index is 13.8. The van der Waals surface area contributed by atoms with Crippen molar-refractivity contribution in [1.82, 2.24) is 4.90 Å². The first-order valence-corrected chi connectivity index (χ1v) is 10.3. The lowest BCUT2D eigenvalue weighted by Gasteiger charge is -2.33. The largest absolute Gasteiger partial charge is 0.377 e. The molecule has 0 unspecified atom stereocenters. The van der Waals surface area contributed by atoms with Crippen molar-refractivity contribution < 1.29 is 22.5 Å². The van der Waals surface area contributed by atoms with E-state index in [1.165, 1.54) is 35.2 Å². The highest BCUT2D eigenvalue weighted by atomic mass is 32.2. The summed E-state index contributed by atoms with van der Waals surface area (Å²) in [4.78, 5) is 24.3. The van der Waals surface area contributed by atoms with E-state index < -0.39 is 32.4 Å². The minimum atomic E-state index is -4.06. The van der Waals surface area contributed by atoms with Crippen LogP contribution < -0.4 is 10.5 Å². The van der Waals surface area contributed by atoms with Crippen molar-refractivity contribution in [1.29, 1.82) is 0 Å². The quantitative estimate of drug-likeness (QED) is 0.559. The molecule has 3 N–H and O–H groups in total. The van der Waals surface area contributed by atoms with Gasteiger partial charge in [-0.2, -0.15) is 0 Å². The SMILES string of the molecule is NS(=O)(=O)c1ccc(NC2CCN(C(=O)c3ccccc3F)CC2)c([N+](=O)[O-])c1. The highest BCUT2D eigenvalue weighted by molar-refractivity contribution is 7.89. The van der Waals surface area contributed by atoms with Crippen LogP contribution in [0.15, 0.2) is 47.4 Å². The minimum absolute atomic E-state index is 0.00753. The summed E-state index contributed by atoms with van der Waals surface area (Å²) in [7, 11) is -4.06. The van der Waals surface area contributed by atoms with E-state index in [2.05, 4.69) is 5.32 Å². The van der Waals surface area contributed by atoms with Crippen molar-refractivity contribution >= 4 is 27.3 Å². The van der Waals surface area contributed by atoms with Gasteiger partial charge in [0.15, 0.2) is 0 Å². The van der Waals surface area contributed by atoms with Gasteiger partial charge in [0.1, 0.15) is 11.5 Å². The van der Waals surface area contributed by atoms with E-state index in [1.54, 1.807) is 6.07 Å². The number of nitrogens with one attached hydrogen (secondary N) is 1. The number of likely N-dealkylation sites (tertiary alicyclic amines) is 1. The Morgan fingerprint density at radius 2 is 1.86 bits per heavy atom. The molecule has 29 heavy (non-hydrogen) atoms. The summed E-state index contributed by atoms with van der Waals surface area (Å²) < 4.78 is 36.7. The zero-order valence-electron chi connectivity index (χ0n) is 15.2. The molecule has 2 aromatic carbocycles. The van der Waals surface area contributed by atoms with Gasteiger partial charge < -0.3 is 10.2 Å². The van der Waals surface area contributed by atoms with E-state index in [0.717, 1.165) is 6.07 Å². The third-order valence-electron chi connectivity index (χ3n) is 4.74. The maximum Gasteiger partial charge on any atom is 0.293 e. The predicted molar refractivity (Wildman–Crippen MR) is 103 cm³/mol. The van der Waals surface area contributed by atoms with Crippen LogP contribution in [-0.2, 0) is 10.0 Å². The van der Waals surface area contributed by atoms with Gasteiger partial charge in [-0.15, -0.1) is 0 Å². The van der Waals surface area contributed by atoms with Crippen LogP contribution in [0.2, 0.25) is 0 Å². The minimum Gasteiger partial charge on any atom is -0.377 e. The zero-order valence-corrected chi connectivity index (χ0v) is 16.1. The second-order valence-corrected chi connectivity index (χ2v) is 8.23. The lowest BCUT2D eigenvalue weighted by molar-refractivity contribution is -0.384. The van der Waals surface area contributed by atoms with Gasteiger partial charge in [0, 0.05) is 25.2 Å². The molecule has 1 aliphatic heterocycles. The average molecular weight is 422 g/mol. The molecule has 0 radical (unpaired) electrons. The van der Waals surface area contributed by atoms with E-state index in [4.69, 9.17) is 5.14 Å². The smallest absolute Gasteiger partial charge is 0.293 e. The molecule has 3 rings (SSSR count). The van der Waals surface area contributed by atoms with Crippen molar-refractivity contribution in [2.75, 3.05) is 18.4 Å². The second-order valence-electron chi connectivity index (χ2n) is 6.67. The summed E-state index contributed by atoms with van der Waals surface area (Å²) >= 11 is 0. The Kier molecular flexibility index (Phi) is 5.80. The number of primary sulfonamides is 1. The lowest BCUT2D eigenvalue weighted by atomic mass is 10.0. The second kappa shape index (κ2) is 8.13. The maximum atomic E-state index is 13.8. The van der Waals surface area contributed by atoms with E-state index in [1.807, 2.05) is 0 Å². The average Bonchev–Trinajstić information content (AvgIpc) is 2.67. The Hall–Kier alpha value is -3.05. The van der Waals surface area contributed by atoms with Gasteiger partial charge in [-0.05, 0) is 37.1 Å². The summed E-state index contributed by atoms with van der Waals surface area (Å²) in [6.07, 6.45) is 0.989. The fraction of sp³-hybridized carbons (Fsp3) is 0.278. The van der Waals surface area contributed by atoms with Crippen LogP contribution in [0.4, 0.5) is 15.8 Å². The number of anilines is 1. The van der Waals surface area contributed by atoms with Crippen LogP contribution in [0.5, 0.6) is 0 Å². The third-order valence-corrected chi connectivity index (χ3v) is 5.65. The number of nitrogens with two attached hydrogens (primary N) is 1. The Morgan fingerprint density at radius 3 is 2.45 bits per heavy atom. The van der Waals surface area contributed by atoms with Gasteiger partial charge >= 0.3 is 0 Å². The molecule has 0 aliphatic carbocycles. The number of nitrogens with zero attached hydrogens (tertiary/aromatic N) is 2. The molecule has 2 aromatic rings. The van der Waals surface area contributed by atoms with Crippen LogP contribution in [0.3, 0.4) is 0 Å². The fourth-order valence-electron chi connectivity index (χ4n) is 3.21. The molecule has 0 atom stereocenters. The van der Waals surface area contributed by atoms with Gasteiger partial charge in [0.25, 0.3) is 11.6 Å². The van der Waals surface area contributed by atoms with Crippen molar-refractivity contribution in [2.45, 2.75) is 23.8 Å². The predicted octanol–water partition coefficient (Wildman–Crippen LogP) is 2.10. The van der Waals surface area contributed by atoms with Gasteiger partial charge in [0.05, 0.1) is 15.4 Å². The summed E-state index contributed by atoms with van der Waals surface area (Å²) in [5, 5.41) is 19.4. The number of sulfonamides is 1. The molecule has 1 saturated heterocycles. The number of hydrogen-bond acceptors (Lipinski definition) is 6. The summed E-state index contributed by atoms with van der Waals surface area (Å²) in [5.41, 5.74) is -0.226. The molecule has 1 heterocycles. The first-order chi connectivity index (χ1) is 13.7. The molecule has 0 aromatic heterocycles. The number of carbonyl (C=O) groups is 1. The van der Waals surface area contributed by atoms with E-state index in [0.29, 0.717) is 25.9 Å². The van der Waals surface area contributed by atoms with E-state index in [-0.39, 0.29) is 22.2 Å². The number of hydrogen-bond donors (Lipinski definition) is 2. The summed E-state index contributed by atoms with van der Waals surface area (Å²) in [5.74, 6) is -0.978. The Labute approximate surface area is 166 Å². The molecule has 1 aliphatic rings. The molecule has 0 spiro atoms. The molecule has 0 saturated carbocycles. The molecule has 154 valence electrons. The van der Waals surface area contributed by atoms with Crippen molar-refractivity contribution in [3.63, 3.8) is 0 Å². The number of amides is 1. The molecule has 0 bridgehead atoms. The normalized spacial score (nSPS) is 15.2. The number of halogens is 1. The number of rotatable bonds is 5. The lowest BCUT2D eigenvalue weighted by Crippen LogP contribution is -2.42. The van der Waals surface area contributed by atoms with E-state index >= 15 is 0 Å². The monoisotopic (exact) mass is 422 g/mol. The first-order valence-electron chi connectivity index (χ1n) is 8.78. The number of piperidine rings is 1. The molecule has 1 fully saturated rings. The highest BCUT2D eigenvalue weighted by Crippen LogP contribution is 2.29. The van der Waals surface area contributed by atoms with Crippen LogP contribution in [0.1, 0.15) is 23.2 Å². The van der Waals surface area contributed by atoms with Crippen molar-refractivity contribution in [2.24, 2.45) is 5.14 Å². The Morgan fingerprint density at radius 1 is 1.21 bits per heavy atom. The van der Waals surface area contributed by atoms with Crippen LogP contribution >= 0.6 is 0 Å². The summed E-state index contributed by atoms with van der Waals surface area (Å²) in [6, 6.07) is 9.00. The first kappa shape index (κ1) is 20.7. The number of carbonyl (C=O) groups excluding carboxylic acids is 1. The standard InChI is InChI=1S/C18H19FN4O5S/c19-15-4-2-1-3-14(15)18(24)22-9-7-12(8-10-22)21-16-6-5-13(29(20,27)28)11-17(16)23(25)26/h1-6,11-12,21H,7-10H2,(H2,20,27,28). The molecular weight excluding hydrogens is 403 g/mol. The molecular formula is C18H19FN4O5S. The summed E-state index contributed by atoms with van der Waals surface area (Å²) in [6.45, 7) is 0.710. The Bertz CT molecular complexity index is 1050. The van der Waals surface area contributed by atoms with Crippen LogP contribution in [0, 0.1) is 15.9 Å². The van der Waals surface area contributed by atoms with Crippen molar-refractivity contribution in [3.05, 3.63) is 64.0 Å². The van der Waals surface area contributed by atoms with Crippen LogP contribution in [-0.4, -0.2) is 43.3 Å². The van der Waals surface area contributed by atoms with Gasteiger partial charge in [0.2, 0.25) is 10.0 Å². The van der Waals surface area contributed by atoms with Gasteiger partial charge in [-0.3, -0.25) is 14.9 Å². The number of nitro groups is 1. The number of benzene rings is 2. The molecule has 11 heteroatoms. The topological polar surface area (TPSA) is 136 Å². The zero-order chi connectivity index (χ0) is 21.2. The van der Waals surface area contributed by atoms with Crippen molar-refractivity contribution in [3.8, 4) is 0 Å². The molecule has 1 amide bonds. The molecule has 9 nitrogen and oxygen atoms in total. The van der Waals surface area contributed by atoms with E-state index in [9.17, 15) is 27.7 Å². The number of nitro benzene ring substituents is 1. The highest BCUT2D eigenvalue weighted by Gasteiger charge is 2.27. The van der Waals surface area contributed by atoms with Gasteiger partial charge in [-0.25, -0.2) is 17.9 Å². The third kappa shape index (κ3) is 4.69. The Balaban J connectivity index is 1.69. The van der Waals surface area contributed by atoms with Gasteiger partial charge in [-0.1, -0.05) is 12.1 Å².